The van der Waals surface area contributed by atoms with Gasteiger partial charge in [0.15, 0.2) is 0 Å². The van der Waals surface area contributed by atoms with Gasteiger partial charge in [-0.1, -0.05) is 36.4 Å². The van der Waals surface area contributed by atoms with Crippen molar-refractivity contribution in [2.24, 2.45) is 7.05 Å². The lowest BCUT2D eigenvalue weighted by Crippen LogP contribution is -2.42. The molecule has 4 rings (SSSR count). The molecule has 1 aliphatic rings. The molecule has 0 aliphatic carbocycles. The summed E-state index contributed by atoms with van der Waals surface area (Å²) in [6.45, 7) is 0.333. The van der Waals surface area contributed by atoms with Crippen molar-refractivity contribution >= 4 is 30.6 Å². The zero-order valence-corrected chi connectivity index (χ0v) is 17.0. The summed E-state index contributed by atoms with van der Waals surface area (Å²) < 4.78 is 54.9. The number of hydrogen-bond donors (Lipinski definition) is 0. The van der Waals surface area contributed by atoms with E-state index in [1.165, 1.54) is 15.1 Å². The fourth-order valence-electron chi connectivity index (χ4n) is 3.72. The Hall–Kier alpha value is -2.23. The third-order valence-corrected chi connectivity index (χ3v) is 9.45. The van der Waals surface area contributed by atoms with Crippen LogP contribution in [0.15, 0.2) is 64.9 Å². The Labute approximate surface area is 164 Å². The summed E-state index contributed by atoms with van der Waals surface area (Å²) in [4.78, 5) is 4.22. The predicted octanol–water partition coefficient (Wildman–Crippen LogP) is 2.20. The number of fused-ring (bicyclic) bond motifs is 1. The third-order valence-electron chi connectivity index (χ3n) is 5.24. The van der Waals surface area contributed by atoms with Gasteiger partial charge in [0.1, 0.15) is 0 Å². The number of hydrogen-bond acceptors (Lipinski definition) is 5. The number of rotatable bonds is 4. The Kier molecular flexibility index (Phi) is 4.76. The number of piperidine rings is 1. The molecule has 0 spiro atoms. The maximum Gasteiger partial charge on any atom is 0.243 e. The highest BCUT2D eigenvalue weighted by Crippen LogP contribution is 2.30. The van der Waals surface area contributed by atoms with Gasteiger partial charge in [-0.3, -0.25) is 0 Å². The van der Waals surface area contributed by atoms with E-state index in [-0.39, 0.29) is 36.0 Å². The molecule has 9 heteroatoms. The first-order chi connectivity index (χ1) is 13.3. The summed E-state index contributed by atoms with van der Waals surface area (Å²) >= 11 is 0. The van der Waals surface area contributed by atoms with Gasteiger partial charge >= 0.3 is 0 Å². The molecule has 0 N–H and O–H groups in total. The maximum absolute atomic E-state index is 13.2. The van der Waals surface area contributed by atoms with Crippen molar-refractivity contribution in [1.82, 2.24) is 13.9 Å². The van der Waals surface area contributed by atoms with Gasteiger partial charge in [0.05, 0.1) is 10.1 Å². The van der Waals surface area contributed by atoms with E-state index < -0.39 is 25.1 Å². The first-order valence-electron chi connectivity index (χ1n) is 9.01. The van der Waals surface area contributed by atoms with Gasteiger partial charge in [-0.25, -0.2) is 21.8 Å². The highest BCUT2D eigenvalue weighted by atomic mass is 32.2. The molecule has 0 bridgehead atoms. The molecule has 1 saturated heterocycles. The third kappa shape index (κ3) is 3.13. The van der Waals surface area contributed by atoms with E-state index >= 15 is 0 Å². The Morgan fingerprint density at radius 2 is 1.64 bits per heavy atom. The van der Waals surface area contributed by atoms with Crippen LogP contribution >= 0.6 is 0 Å². The Morgan fingerprint density at radius 3 is 2.32 bits per heavy atom. The Balaban J connectivity index is 1.59. The molecule has 0 atom stereocenters. The summed E-state index contributed by atoms with van der Waals surface area (Å²) in [5.41, 5.74) is 0. The SMILES string of the molecule is Cn1ccnc1S(=O)(=O)C1CCN(S(=O)(=O)c2cccc3ccccc23)CC1. The summed E-state index contributed by atoms with van der Waals surface area (Å²) in [6, 6.07) is 12.6. The highest BCUT2D eigenvalue weighted by molar-refractivity contribution is 7.92. The smallest absolute Gasteiger partial charge is 0.243 e. The first-order valence-corrected chi connectivity index (χ1v) is 12.0. The van der Waals surface area contributed by atoms with Crippen molar-refractivity contribution in [2.45, 2.75) is 28.1 Å². The summed E-state index contributed by atoms with van der Waals surface area (Å²) in [5.74, 6) is 0. The number of aryl methyl sites for hydroxylation is 1. The normalized spacial score (nSPS) is 17.2. The Bertz CT molecular complexity index is 1220. The van der Waals surface area contributed by atoms with Crippen LogP contribution in [0.2, 0.25) is 0 Å². The molecular weight excluding hydrogens is 398 g/mol. The van der Waals surface area contributed by atoms with Crippen LogP contribution in [0.1, 0.15) is 12.8 Å². The van der Waals surface area contributed by atoms with Gasteiger partial charge in [-0.2, -0.15) is 4.31 Å². The van der Waals surface area contributed by atoms with Gasteiger partial charge in [-0.05, 0) is 24.3 Å². The van der Waals surface area contributed by atoms with Crippen LogP contribution in [0.3, 0.4) is 0 Å². The number of sulfone groups is 1. The minimum Gasteiger partial charge on any atom is -0.325 e. The lowest BCUT2D eigenvalue weighted by Gasteiger charge is -2.31. The van der Waals surface area contributed by atoms with Crippen LogP contribution in [-0.4, -0.2) is 49.0 Å². The van der Waals surface area contributed by atoms with Crippen LogP contribution in [0.4, 0.5) is 0 Å². The summed E-state index contributed by atoms with van der Waals surface area (Å²) in [6.07, 6.45) is 3.54. The average Bonchev–Trinajstić information content (AvgIpc) is 3.14. The minimum absolute atomic E-state index is 0.0304. The fraction of sp³-hybridized carbons (Fsp3) is 0.316. The van der Waals surface area contributed by atoms with E-state index in [1.807, 2.05) is 24.3 Å². The van der Waals surface area contributed by atoms with Gasteiger partial charge in [0.2, 0.25) is 25.0 Å². The summed E-state index contributed by atoms with van der Waals surface area (Å²) in [7, 11) is -5.65. The molecule has 0 amide bonds. The van der Waals surface area contributed by atoms with Crippen LogP contribution < -0.4 is 0 Å². The predicted molar refractivity (Wildman–Crippen MR) is 106 cm³/mol. The van der Waals surface area contributed by atoms with Crippen LogP contribution in [-0.2, 0) is 26.9 Å². The monoisotopic (exact) mass is 419 g/mol. The molecule has 28 heavy (non-hydrogen) atoms. The highest BCUT2D eigenvalue weighted by Gasteiger charge is 2.37. The second-order valence-corrected chi connectivity index (χ2v) is 11.0. The molecule has 0 saturated carbocycles. The number of benzene rings is 2. The van der Waals surface area contributed by atoms with Crippen LogP contribution in [0.5, 0.6) is 0 Å². The van der Waals surface area contributed by atoms with Crippen molar-refractivity contribution in [2.75, 3.05) is 13.1 Å². The minimum atomic E-state index is -3.70. The lowest BCUT2D eigenvalue weighted by atomic mass is 10.1. The molecule has 3 aromatic rings. The van der Waals surface area contributed by atoms with Gasteiger partial charge in [-0.15, -0.1) is 0 Å². The molecule has 2 aromatic carbocycles. The molecule has 0 unspecified atom stereocenters. The van der Waals surface area contributed by atoms with Gasteiger partial charge in [0.25, 0.3) is 0 Å². The zero-order chi connectivity index (χ0) is 19.9. The van der Waals surface area contributed by atoms with E-state index in [9.17, 15) is 16.8 Å². The van der Waals surface area contributed by atoms with Crippen molar-refractivity contribution in [3.05, 3.63) is 54.9 Å². The van der Waals surface area contributed by atoms with Gasteiger partial charge < -0.3 is 4.57 Å². The average molecular weight is 420 g/mol. The quantitative estimate of drug-likeness (QED) is 0.647. The second-order valence-electron chi connectivity index (χ2n) is 6.95. The molecule has 7 nitrogen and oxygen atoms in total. The van der Waals surface area contributed by atoms with E-state index in [1.54, 1.807) is 31.4 Å². The van der Waals surface area contributed by atoms with E-state index in [2.05, 4.69) is 4.98 Å². The maximum atomic E-state index is 13.2. The molecule has 1 aliphatic heterocycles. The molecule has 1 aromatic heterocycles. The van der Waals surface area contributed by atoms with Crippen LogP contribution in [0.25, 0.3) is 10.8 Å². The Morgan fingerprint density at radius 1 is 0.964 bits per heavy atom. The largest absolute Gasteiger partial charge is 0.325 e. The topological polar surface area (TPSA) is 89.3 Å². The van der Waals surface area contributed by atoms with Crippen molar-refractivity contribution in [3.8, 4) is 0 Å². The van der Waals surface area contributed by atoms with Crippen LogP contribution in [0, 0.1) is 0 Å². The number of sulfonamides is 1. The zero-order valence-electron chi connectivity index (χ0n) is 15.4. The van der Waals surface area contributed by atoms with E-state index in [4.69, 9.17) is 0 Å². The van der Waals surface area contributed by atoms with Crippen molar-refractivity contribution < 1.29 is 16.8 Å². The van der Waals surface area contributed by atoms with E-state index in [0.29, 0.717) is 5.39 Å². The van der Waals surface area contributed by atoms with Crippen molar-refractivity contribution in [3.63, 3.8) is 0 Å². The van der Waals surface area contributed by atoms with E-state index in [0.717, 1.165) is 5.39 Å². The number of nitrogens with zero attached hydrogens (tertiary/aromatic N) is 3. The molecule has 0 radical (unpaired) electrons. The summed E-state index contributed by atoms with van der Waals surface area (Å²) in [5, 5.41) is 0.930. The second kappa shape index (κ2) is 6.98. The fourth-order valence-corrected chi connectivity index (χ4v) is 7.20. The molecule has 1 fully saturated rings. The lowest BCUT2D eigenvalue weighted by molar-refractivity contribution is 0.345. The van der Waals surface area contributed by atoms with Crippen molar-refractivity contribution in [1.29, 1.82) is 0 Å². The molecular formula is C19H21N3O4S2. The standard InChI is InChI=1S/C19H21N3O4S2/c1-21-14-11-20-19(21)27(23,24)16-9-12-22(13-10-16)28(25,26)18-8-4-6-15-5-2-3-7-17(15)18/h2-8,11,14,16H,9-10,12-13H2,1H3. The number of imidazole rings is 1. The number of aromatic nitrogens is 2. The van der Waals surface area contributed by atoms with Gasteiger partial charge in [0, 0.05) is 37.9 Å². The molecule has 2 heterocycles. The first kappa shape index (κ1) is 19.1. The molecule has 148 valence electrons.